The van der Waals surface area contributed by atoms with Gasteiger partial charge in [-0.15, -0.1) is 0 Å². The van der Waals surface area contributed by atoms with Gasteiger partial charge in [0.1, 0.15) is 11.4 Å². The molecule has 3 aromatic rings. The minimum Gasteiger partial charge on any atom is -0.494 e. The van der Waals surface area contributed by atoms with E-state index in [4.69, 9.17) is 4.74 Å². The maximum absolute atomic E-state index is 13.1. The fraction of sp³-hybridized carbons (Fsp3) is 0.333. The SMILES string of the molecule is CCOc1ccc(-c2cc(C(=O)N3CCn4cccc4[C@H]3CC)[nH]n2)cc1. The second kappa shape index (κ2) is 7.31. The number of hydrogen-bond donors (Lipinski definition) is 1. The van der Waals surface area contributed by atoms with Crippen LogP contribution >= 0.6 is 0 Å². The molecule has 1 atom stereocenters. The van der Waals surface area contributed by atoms with Crippen LogP contribution in [-0.2, 0) is 6.54 Å². The monoisotopic (exact) mass is 364 g/mol. The average Bonchev–Trinajstić information content (AvgIpc) is 3.37. The van der Waals surface area contributed by atoms with E-state index in [1.54, 1.807) is 0 Å². The Hall–Kier alpha value is -3.02. The van der Waals surface area contributed by atoms with E-state index in [-0.39, 0.29) is 11.9 Å². The number of H-pyrrole nitrogens is 1. The van der Waals surface area contributed by atoms with Crippen LogP contribution in [0.5, 0.6) is 5.75 Å². The van der Waals surface area contributed by atoms with E-state index in [9.17, 15) is 4.79 Å². The van der Waals surface area contributed by atoms with E-state index in [2.05, 4.69) is 34.0 Å². The molecule has 0 aliphatic carbocycles. The fourth-order valence-corrected chi connectivity index (χ4v) is 3.76. The third kappa shape index (κ3) is 3.23. The van der Waals surface area contributed by atoms with Gasteiger partial charge in [-0.25, -0.2) is 0 Å². The first kappa shape index (κ1) is 17.4. The fourth-order valence-electron chi connectivity index (χ4n) is 3.76. The molecule has 0 fully saturated rings. The molecule has 0 radical (unpaired) electrons. The lowest BCUT2D eigenvalue weighted by Crippen LogP contribution is -2.41. The van der Waals surface area contributed by atoms with Crippen molar-refractivity contribution >= 4 is 5.91 Å². The van der Waals surface area contributed by atoms with Crippen molar-refractivity contribution < 1.29 is 9.53 Å². The second-order valence-electron chi connectivity index (χ2n) is 6.67. The number of rotatable bonds is 5. The Labute approximate surface area is 158 Å². The summed E-state index contributed by atoms with van der Waals surface area (Å²) in [6.07, 6.45) is 2.97. The molecule has 0 bridgehead atoms. The Morgan fingerprint density at radius 3 is 2.78 bits per heavy atom. The summed E-state index contributed by atoms with van der Waals surface area (Å²) >= 11 is 0. The Balaban J connectivity index is 1.55. The van der Waals surface area contributed by atoms with Crippen LogP contribution in [-0.4, -0.2) is 38.7 Å². The zero-order valence-corrected chi connectivity index (χ0v) is 15.7. The summed E-state index contributed by atoms with van der Waals surface area (Å²) < 4.78 is 7.71. The molecule has 4 rings (SSSR count). The molecule has 1 amide bonds. The van der Waals surface area contributed by atoms with Gasteiger partial charge in [0.2, 0.25) is 0 Å². The molecular formula is C21H24N4O2. The number of benzene rings is 1. The van der Waals surface area contributed by atoms with Crippen LogP contribution in [0, 0.1) is 0 Å². The largest absolute Gasteiger partial charge is 0.494 e. The molecule has 2 aromatic heterocycles. The van der Waals surface area contributed by atoms with Crippen molar-refractivity contribution in [3.8, 4) is 17.0 Å². The van der Waals surface area contributed by atoms with Crippen molar-refractivity contribution in [3.05, 3.63) is 60.0 Å². The van der Waals surface area contributed by atoms with Gasteiger partial charge in [-0.05, 0) is 55.8 Å². The summed E-state index contributed by atoms with van der Waals surface area (Å²) in [4.78, 5) is 15.1. The zero-order valence-electron chi connectivity index (χ0n) is 15.7. The molecule has 0 saturated carbocycles. The van der Waals surface area contributed by atoms with Crippen LogP contribution in [0.1, 0.15) is 42.5 Å². The number of carbonyl (C=O) groups excluding carboxylic acids is 1. The topological polar surface area (TPSA) is 63.1 Å². The standard InChI is InChI=1S/C21H24N4O2/c1-3-19-20-6-5-11-24(20)12-13-25(19)21(26)18-14-17(22-23-18)15-7-9-16(10-8-15)27-4-2/h5-11,14,19H,3-4,12-13H2,1-2H3,(H,22,23)/t19-/m1/s1. The minimum atomic E-state index is -0.000938. The van der Waals surface area contributed by atoms with Crippen LogP contribution in [0.25, 0.3) is 11.3 Å². The summed E-state index contributed by atoms with van der Waals surface area (Å²) in [5, 5.41) is 7.27. The highest BCUT2D eigenvalue weighted by Gasteiger charge is 2.31. The molecular weight excluding hydrogens is 340 g/mol. The van der Waals surface area contributed by atoms with E-state index in [1.165, 1.54) is 5.69 Å². The Bertz CT molecular complexity index is 926. The molecule has 1 aromatic carbocycles. The Morgan fingerprint density at radius 1 is 1.22 bits per heavy atom. The highest BCUT2D eigenvalue weighted by molar-refractivity contribution is 5.93. The van der Waals surface area contributed by atoms with Gasteiger partial charge < -0.3 is 14.2 Å². The van der Waals surface area contributed by atoms with Gasteiger partial charge in [0, 0.05) is 30.5 Å². The molecule has 6 heteroatoms. The van der Waals surface area contributed by atoms with Crippen molar-refractivity contribution in [2.24, 2.45) is 0 Å². The summed E-state index contributed by atoms with van der Waals surface area (Å²) in [5.74, 6) is 0.828. The minimum absolute atomic E-state index is 0.000938. The van der Waals surface area contributed by atoms with E-state index < -0.39 is 0 Å². The lowest BCUT2D eigenvalue weighted by Gasteiger charge is -2.36. The van der Waals surface area contributed by atoms with Crippen molar-refractivity contribution in [3.63, 3.8) is 0 Å². The molecule has 27 heavy (non-hydrogen) atoms. The van der Waals surface area contributed by atoms with Crippen LogP contribution in [0.3, 0.4) is 0 Å². The first-order valence-corrected chi connectivity index (χ1v) is 9.46. The molecule has 0 saturated heterocycles. The summed E-state index contributed by atoms with van der Waals surface area (Å²) in [6, 6.07) is 13.8. The van der Waals surface area contributed by atoms with Crippen molar-refractivity contribution in [1.82, 2.24) is 19.7 Å². The summed E-state index contributed by atoms with van der Waals surface area (Å²) in [6.45, 7) is 6.24. The van der Waals surface area contributed by atoms with Gasteiger partial charge in [0.25, 0.3) is 5.91 Å². The van der Waals surface area contributed by atoms with Gasteiger partial charge in [-0.1, -0.05) is 6.92 Å². The quantitative estimate of drug-likeness (QED) is 0.747. The van der Waals surface area contributed by atoms with E-state index in [0.717, 1.165) is 30.0 Å². The van der Waals surface area contributed by atoms with Crippen LogP contribution in [0.2, 0.25) is 0 Å². The Kier molecular flexibility index (Phi) is 4.71. The number of hydrogen-bond acceptors (Lipinski definition) is 3. The summed E-state index contributed by atoms with van der Waals surface area (Å²) in [7, 11) is 0. The highest BCUT2D eigenvalue weighted by Crippen LogP contribution is 2.30. The number of carbonyl (C=O) groups is 1. The molecule has 0 unspecified atom stereocenters. The first-order chi connectivity index (χ1) is 13.2. The zero-order chi connectivity index (χ0) is 18.8. The second-order valence-corrected chi connectivity index (χ2v) is 6.67. The van der Waals surface area contributed by atoms with Gasteiger partial charge >= 0.3 is 0 Å². The lowest BCUT2D eigenvalue weighted by atomic mass is 10.1. The van der Waals surface area contributed by atoms with Crippen LogP contribution in [0.4, 0.5) is 0 Å². The van der Waals surface area contributed by atoms with Gasteiger partial charge in [-0.3, -0.25) is 9.89 Å². The third-order valence-corrected chi connectivity index (χ3v) is 5.08. The van der Waals surface area contributed by atoms with E-state index in [1.807, 2.05) is 48.2 Å². The smallest absolute Gasteiger partial charge is 0.272 e. The maximum Gasteiger partial charge on any atom is 0.272 e. The number of fused-ring (bicyclic) bond motifs is 1. The third-order valence-electron chi connectivity index (χ3n) is 5.08. The van der Waals surface area contributed by atoms with Crippen molar-refractivity contribution in [2.45, 2.75) is 32.9 Å². The number of aromatic nitrogens is 3. The highest BCUT2D eigenvalue weighted by atomic mass is 16.5. The van der Waals surface area contributed by atoms with Gasteiger partial charge in [-0.2, -0.15) is 5.10 Å². The van der Waals surface area contributed by atoms with Gasteiger partial charge in [0.15, 0.2) is 0 Å². The molecule has 1 aliphatic heterocycles. The number of nitrogens with one attached hydrogen (secondary N) is 1. The predicted octanol–water partition coefficient (Wildman–Crippen LogP) is 3.88. The van der Waals surface area contributed by atoms with Gasteiger partial charge in [0.05, 0.1) is 18.3 Å². The van der Waals surface area contributed by atoms with E-state index in [0.29, 0.717) is 18.8 Å². The maximum atomic E-state index is 13.1. The van der Waals surface area contributed by atoms with E-state index >= 15 is 0 Å². The lowest BCUT2D eigenvalue weighted by molar-refractivity contribution is 0.0611. The average molecular weight is 364 g/mol. The number of amides is 1. The van der Waals surface area contributed by atoms with Crippen LogP contribution < -0.4 is 4.74 Å². The molecule has 1 N–H and O–H groups in total. The first-order valence-electron chi connectivity index (χ1n) is 9.46. The van der Waals surface area contributed by atoms with Crippen molar-refractivity contribution in [1.29, 1.82) is 0 Å². The molecule has 0 spiro atoms. The number of nitrogens with zero attached hydrogens (tertiary/aromatic N) is 3. The molecule has 6 nitrogen and oxygen atoms in total. The normalized spacial score (nSPS) is 16.2. The number of ether oxygens (including phenoxy) is 1. The van der Waals surface area contributed by atoms with Crippen LogP contribution in [0.15, 0.2) is 48.7 Å². The Morgan fingerprint density at radius 2 is 2.04 bits per heavy atom. The molecule has 3 heterocycles. The molecule has 1 aliphatic rings. The predicted molar refractivity (Wildman–Crippen MR) is 104 cm³/mol. The number of aromatic amines is 1. The summed E-state index contributed by atoms with van der Waals surface area (Å²) in [5.41, 5.74) is 3.43. The van der Waals surface area contributed by atoms with Crippen molar-refractivity contribution in [2.75, 3.05) is 13.2 Å². The molecule has 140 valence electrons.